The van der Waals surface area contributed by atoms with Gasteiger partial charge in [-0.05, 0) is 29.5 Å². The minimum absolute atomic E-state index is 0.163. The number of nitrogens with zero attached hydrogens (tertiary/aromatic N) is 1. The van der Waals surface area contributed by atoms with Crippen molar-refractivity contribution in [3.8, 4) is 0 Å². The highest BCUT2D eigenvalue weighted by molar-refractivity contribution is 5.70. The normalized spacial score (nSPS) is 12.7. The van der Waals surface area contributed by atoms with Gasteiger partial charge in [0.05, 0.1) is 5.69 Å². The number of allylic oxidation sites excluding steroid dienone is 3. The molecule has 0 aliphatic rings. The number of hydrogen-bond donors (Lipinski definition) is 0. The Morgan fingerprint density at radius 2 is 2.00 bits per heavy atom. The van der Waals surface area contributed by atoms with Crippen LogP contribution in [0.3, 0.4) is 0 Å². The maximum absolute atomic E-state index is 4.45. The molecule has 1 heteroatoms. The summed E-state index contributed by atoms with van der Waals surface area (Å²) in [5.74, 6) is 0. The van der Waals surface area contributed by atoms with Crippen LogP contribution in [-0.2, 0) is 5.41 Å². The molecule has 0 atom stereocenters. The fraction of sp³-hybridized carbons (Fsp3) is 0.357. The molecule has 1 aromatic heterocycles. The van der Waals surface area contributed by atoms with E-state index in [-0.39, 0.29) is 5.41 Å². The smallest absolute Gasteiger partial charge is 0.0698 e. The van der Waals surface area contributed by atoms with Gasteiger partial charge < -0.3 is 0 Å². The van der Waals surface area contributed by atoms with Gasteiger partial charge in [-0.15, -0.1) is 0 Å². The molecular formula is C14H19N. The number of rotatable bonds is 2. The van der Waals surface area contributed by atoms with E-state index in [1.54, 1.807) is 0 Å². The summed E-state index contributed by atoms with van der Waals surface area (Å²) in [5, 5.41) is 0. The second-order valence-corrected chi connectivity index (χ2v) is 4.63. The lowest BCUT2D eigenvalue weighted by Crippen LogP contribution is -2.11. The van der Waals surface area contributed by atoms with Crippen molar-refractivity contribution in [2.45, 2.75) is 33.1 Å². The molecule has 0 aromatic carbocycles. The van der Waals surface area contributed by atoms with Crippen LogP contribution in [0.5, 0.6) is 0 Å². The summed E-state index contributed by atoms with van der Waals surface area (Å²) in [7, 11) is 0. The zero-order valence-electron chi connectivity index (χ0n) is 10.0. The molecule has 15 heavy (non-hydrogen) atoms. The van der Waals surface area contributed by atoms with Gasteiger partial charge in [-0.3, -0.25) is 4.98 Å². The van der Waals surface area contributed by atoms with E-state index in [9.17, 15) is 0 Å². The van der Waals surface area contributed by atoms with Gasteiger partial charge in [-0.1, -0.05) is 45.6 Å². The average molecular weight is 201 g/mol. The van der Waals surface area contributed by atoms with Crippen molar-refractivity contribution in [2.24, 2.45) is 0 Å². The molecule has 0 unspecified atom stereocenters. The molecular weight excluding hydrogens is 182 g/mol. The van der Waals surface area contributed by atoms with Crippen LogP contribution in [0.25, 0.3) is 5.57 Å². The molecule has 0 spiro atoms. The Morgan fingerprint density at radius 3 is 2.33 bits per heavy atom. The monoisotopic (exact) mass is 201 g/mol. The van der Waals surface area contributed by atoms with Crippen molar-refractivity contribution < 1.29 is 0 Å². The first-order valence-electron chi connectivity index (χ1n) is 5.24. The molecule has 1 rings (SSSR count). The number of hydrogen-bond acceptors (Lipinski definition) is 1. The van der Waals surface area contributed by atoms with E-state index in [1.165, 1.54) is 5.56 Å². The van der Waals surface area contributed by atoms with E-state index < -0.39 is 0 Å². The SMILES string of the molecule is C=C/C(=C\C)c1ccc(C(C)(C)C)cn1. The molecule has 0 N–H and O–H groups in total. The summed E-state index contributed by atoms with van der Waals surface area (Å²) in [6.07, 6.45) is 5.80. The highest BCUT2D eigenvalue weighted by Gasteiger charge is 2.13. The van der Waals surface area contributed by atoms with Crippen LogP contribution in [0.1, 0.15) is 39.0 Å². The van der Waals surface area contributed by atoms with Crippen molar-refractivity contribution in [1.82, 2.24) is 4.98 Å². The first-order valence-corrected chi connectivity index (χ1v) is 5.24. The van der Waals surface area contributed by atoms with Crippen LogP contribution in [-0.4, -0.2) is 4.98 Å². The topological polar surface area (TPSA) is 12.9 Å². The molecule has 0 aliphatic heterocycles. The zero-order valence-corrected chi connectivity index (χ0v) is 10.0. The Morgan fingerprint density at radius 1 is 1.33 bits per heavy atom. The van der Waals surface area contributed by atoms with Crippen LogP contribution < -0.4 is 0 Å². The molecule has 1 nitrogen and oxygen atoms in total. The lowest BCUT2D eigenvalue weighted by atomic mass is 9.88. The summed E-state index contributed by atoms with van der Waals surface area (Å²) < 4.78 is 0. The lowest BCUT2D eigenvalue weighted by Gasteiger charge is -2.18. The Labute approximate surface area is 92.6 Å². The summed E-state index contributed by atoms with van der Waals surface area (Å²) >= 11 is 0. The zero-order chi connectivity index (χ0) is 11.5. The van der Waals surface area contributed by atoms with Gasteiger partial charge in [0.1, 0.15) is 0 Å². The predicted octanol–water partition coefficient (Wildman–Crippen LogP) is 3.97. The van der Waals surface area contributed by atoms with E-state index in [1.807, 2.05) is 25.3 Å². The summed E-state index contributed by atoms with van der Waals surface area (Å²) in [5.41, 5.74) is 3.48. The van der Waals surface area contributed by atoms with Gasteiger partial charge in [0.25, 0.3) is 0 Å². The Balaban J connectivity index is 3.05. The van der Waals surface area contributed by atoms with Crippen molar-refractivity contribution in [3.63, 3.8) is 0 Å². The second kappa shape index (κ2) is 4.43. The molecule has 0 fully saturated rings. The molecule has 0 saturated carbocycles. The molecule has 0 bridgehead atoms. The predicted molar refractivity (Wildman–Crippen MR) is 66.8 cm³/mol. The van der Waals surface area contributed by atoms with Gasteiger partial charge in [0.2, 0.25) is 0 Å². The Kier molecular flexibility index (Phi) is 3.46. The number of aromatic nitrogens is 1. The quantitative estimate of drug-likeness (QED) is 0.660. The number of pyridine rings is 1. The van der Waals surface area contributed by atoms with Gasteiger partial charge in [-0.25, -0.2) is 0 Å². The van der Waals surface area contributed by atoms with Crippen LogP contribution in [0.4, 0.5) is 0 Å². The van der Waals surface area contributed by atoms with Crippen LogP contribution in [0.15, 0.2) is 37.1 Å². The Bertz CT molecular complexity index is 363. The maximum atomic E-state index is 4.45. The van der Waals surface area contributed by atoms with E-state index in [0.29, 0.717) is 0 Å². The van der Waals surface area contributed by atoms with Crippen LogP contribution in [0, 0.1) is 0 Å². The van der Waals surface area contributed by atoms with Crippen molar-refractivity contribution in [3.05, 3.63) is 48.3 Å². The summed E-state index contributed by atoms with van der Waals surface area (Å²) in [6.45, 7) is 12.3. The van der Waals surface area contributed by atoms with Gasteiger partial charge in [0, 0.05) is 6.20 Å². The molecule has 0 saturated heterocycles. The fourth-order valence-corrected chi connectivity index (χ4v) is 1.38. The third-order valence-corrected chi connectivity index (χ3v) is 2.46. The first-order chi connectivity index (χ1) is 6.99. The summed E-state index contributed by atoms with van der Waals surface area (Å²) in [6, 6.07) is 4.19. The molecule has 80 valence electrons. The van der Waals surface area contributed by atoms with Crippen LogP contribution in [0.2, 0.25) is 0 Å². The average Bonchev–Trinajstić information content (AvgIpc) is 2.19. The van der Waals surface area contributed by atoms with E-state index in [2.05, 4.69) is 44.5 Å². The molecule has 0 aliphatic carbocycles. The van der Waals surface area contributed by atoms with Crippen molar-refractivity contribution >= 4 is 5.57 Å². The third-order valence-electron chi connectivity index (χ3n) is 2.46. The third kappa shape index (κ3) is 2.79. The largest absolute Gasteiger partial charge is 0.256 e. The van der Waals surface area contributed by atoms with Crippen molar-refractivity contribution in [1.29, 1.82) is 0 Å². The van der Waals surface area contributed by atoms with Gasteiger partial charge in [-0.2, -0.15) is 0 Å². The minimum atomic E-state index is 0.163. The lowest BCUT2D eigenvalue weighted by molar-refractivity contribution is 0.587. The van der Waals surface area contributed by atoms with E-state index >= 15 is 0 Å². The molecule has 0 amide bonds. The van der Waals surface area contributed by atoms with Gasteiger partial charge in [0.15, 0.2) is 0 Å². The highest BCUT2D eigenvalue weighted by atomic mass is 14.7. The first kappa shape index (κ1) is 11.7. The standard InChI is InChI=1S/C14H19N/c1-6-11(7-2)13-9-8-12(10-15-13)14(3,4)5/h6-10H,1H2,2-5H3/b11-7+. The fourth-order valence-electron chi connectivity index (χ4n) is 1.38. The summed E-state index contributed by atoms with van der Waals surface area (Å²) in [4.78, 5) is 4.45. The molecule has 0 radical (unpaired) electrons. The van der Waals surface area contributed by atoms with E-state index in [4.69, 9.17) is 0 Å². The molecule has 1 aromatic rings. The minimum Gasteiger partial charge on any atom is -0.256 e. The van der Waals surface area contributed by atoms with Gasteiger partial charge >= 0.3 is 0 Å². The van der Waals surface area contributed by atoms with Crippen molar-refractivity contribution in [2.75, 3.05) is 0 Å². The maximum Gasteiger partial charge on any atom is 0.0698 e. The Hall–Kier alpha value is -1.37. The van der Waals surface area contributed by atoms with Crippen LogP contribution >= 0.6 is 0 Å². The highest BCUT2D eigenvalue weighted by Crippen LogP contribution is 2.22. The molecule has 1 heterocycles. The van der Waals surface area contributed by atoms with E-state index in [0.717, 1.165) is 11.3 Å². The second-order valence-electron chi connectivity index (χ2n) is 4.63.